The summed E-state index contributed by atoms with van der Waals surface area (Å²) >= 11 is 0. The van der Waals surface area contributed by atoms with E-state index in [4.69, 9.17) is 4.74 Å². The second-order valence-corrected chi connectivity index (χ2v) is 6.83. The highest BCUT2D eigenvalue weighted by Gasteiger charge is 2.30. The van der Waals surface area contributed by atoms with Gasteiger partial charge >= 0.3 is 5.97 Å². The molecule has 1 aliphatic rings. The van der Waals surface area contributed by atoms with E-state index in [1.807, 2.05) is 0 Å². The van der Waals surface area contributed by atoms with Gasteiger partial charge in [0.1, 0.15) is 6.04 Å². The highest BCUT2D eigenvalue weighted by molar-refractivity contribution is 5.75. The van der Waals surface area contributed by atoms with E-state index in [-0.39, 0.29) is 17.4 Å². The van der Waals surface area contributed by atoms with E-state index in [9.17, 15) is 4.79 Å². The molecule has 0 amide bonds. The van der Waals surface area contributed by atoms with E-state index in [0.717, 1.165) is 13.0 Å². The maximum absolute atomic E-state index is 11.8. The second kappa shape index (κ2) is 6.71. The van der Waals surface area contributed by atoms with Crippen LogP contribution >= 0.6 is 0 Å². The van der Waals surface area contributed by atoms with Gasteiger partial charge in [0.2, 0.25) is 0 Å². The average Bonchev–Trinajstić information content (AvgIpc) is 3.14. The molecule has 1 rings (SSSR count). The van der Waals surface area contributed by atoms with Crippen molar-refractivity contribution in [1.29, 1.82) is 0 Å². The fraction of sp³-hybridized carbons (Fsp3) is 0.933. The molecule has 0 aliphatic heterocycles. The van der Waals surface area contributed by atoms with Gasteiger partial charge in [-0.15, -0.1) is 0 Å². The van der Waals surface area contributed by atoms with Gasteiger partial charge in [0.15, 0.2) is 0 Å². The number of hydrogen-bond donors (Lipinski definition) is 1. The van der Waals surface area contributed by atoms with Crippen molar-refractivity contribution in [3.63, 3.8) is 0 Å². The van der Waals surface area contributed by atoms with Crippen molar-refractivity contribution in [2.75, 3.05) is 20.7 Å². The number of methoxy groups -OCH3 is 1. The van der Waals surface area contributed by atoms with E-state index in [1.165, 1.54) is 20.0 Å². The van der Waals surface area contributed by atoms with Crippen molar-refractivity contribution in [3.8, 4) is 0 Å². The molecular formula is C15H30N2O2. The van der Waals surface area contributed by atoms with Gasteiger partial charge in [-0.2, -0.15) is 0 Å². The Morgan fingerprint density at radius 1 is 1.42 bits per heavy atom. The molecule has 0 heterocycles. The molecule has 1 N–H and O–H groups in total. The van der Waals surface area contributed by atoms with Gasteiger partial charge < -0.3 is 15.0 Å². The van der Waals surface area contributed by atoms with E-state index in [1.54, 1.807) is 0 Å². The predicted molar refractivity (Wildman–Crippen MR) is 78.1 cm³/mol. The third kappa shape index (κ3) is 5.49. The summed E-state index contributed by atoms with van der Waals surface area (Å²) in [4.78, 5) is 14.1. The Hall–Kier alpha value is -0.610. The highest BCUT2D eigenvalue weighted by Crippen LogP contribution is 2.24. The third-order valence-corrected chi connectivity index (χ3v) is 4.18. The fourth-order valence-electron chi connectivity index (χ4n) is 2.13. The number of esters is 1. The Bertz CT molecular complexity index is 295. The van der Waals surface area contributed by atoms with Crippen molar-refractivity contribution in [3.05, 3.63) is 0 Å². The first-order valence-corrected chi connectivity index (χ1v) is 7.29. The first-order chi connectivity index (χ1) is 8.75. The molecule has 1 fully saturated rings. The van der Waals surface area contributed by atoms with Crippen LogP contribution in [0, 0.1) is 5.41 Å². The first kappa shape index (κ1) is 16.4. The van der Waals surface area contributed by atoms with E-state index >= 15 is 0 Å². The molecule has 0 saturated heterocycles. The molecule has 19 heavy (non-hydrogen) atoms. The largest absolute Gasteiger partial charge is 0.468 e. The molecule has 2 atom stereocenters. The monoisotopic (exact) mass is 270 g/mol. The van der Waals surface area contributed by atoms with Crippen LogP contribution in [-0.2, 0) is 9.53 Å². The average molecular weight is 270 g/mol. The summed E-state index contributed by atoms with van der Waals surface area (Å²) in [6.07, 6.45) is 3.17. The summed E-state index contributed by atoms with van der Waals surface area (Å²) in [5.74, 6) is -0.135. The molecule has 4 nitrogen and oxygen atoms in total. The summed E-state index contributed by atoms with van der Waals surface area (Å²) in [6.45, 7) is 9.87. The van der Waals surface area contributed by atoms with Gasteiger partial charge in [0.05, 0.1) is 7.11 Å². The zero-order chi connectivity index (χ0) is 14.6. The molecule has 0 bridgehead atoms. The number of nitrogens with one attached hydrogen (secondary N) is 1. The maximum Gasteiger partial charge on any atom is 0.322 e. The Morgan fingerprint density at radius 2 is 2.00 bits per heavy atom. The number of carbonyl (C=O) groups is 1. The molecule has 2 unspecified atom stereocenters. The minimum atomic E-state index is -0.160. The van der Waals surface area contributed by atoms with E-state index in [2.05, 4.69) is 45.0 Å². The predicted octanol–water partition coefficient (Wildman–Crippen LogP) is 2.04. The zero-order valence-electron chi connectivity index (χ0n) is 13.3. The Labute approximate surface area is 117 Å². The van der Waals surface area contributed by atoms with Gasteiger partial charge in [0.25, 0.3) is 0 Å². The van der Waals surface area contributed by atoms with Gasteiger partial charge in [-0.1, -0.05) is 20.8 Å². The SMILES string of the molecule is COC(=O)C(CCN(C)C(C)C(C)(C)C)NC1CC1. The van der Waals surface area contributed by atoms with Crippen LogP contribution < -0.4 is 5.32 Å². The lowest BCUT2D eigenvalue weighted by atomic mass is 9.87. The van der Waals surface area contributed by atoms with Crippen molar-refractivity contribution < 1.29 is 9.53 Å². The molecular weight excluding hydrogens is 240 g/mol. The Balaban J connectivity index is 2.43. The van der Waals surface area contributed by atoms with Crippen molar-refractivity contribution in [2.24, 2.45) is 5.41 Å². The van der Waals surface area contributed by atoms with Crippen LogP contribution in [0.3, 0.4) is 0 Å². The molecule has 112 valence electrons. The lowest BCUT2D eigenvalue weighted by Crippen LogP contribution is -2.44. The molecule has 1 aliphatic carbocycles. The van der Waals surface area contributed by atoms with Crippen molar-refractivity contribution in [1.82, 2.24) is 10.2 Å². The lowest BCUT2D eigenvalue weighted by Gasteiger charge is -2.36. The summed E-state index contributed by atoms with van der Waals surface area (Å²) in [7, 11) is 3.59. The second-order valence-electron chi connectivity index (χ2n) is 6.83. The van der Waals surface area contributed by atoms with Crippen molar-refractivity contribution in [2.45, 2.75) is 65.1 Å². The van der Waals surface area contributed by atoms with Crippen molar-refractivity contribution >= 4 is 5.97 Å². The Kier molecular flexibility index (Phi) is 5.81. The molecule has 0 aromatic heterocycles. The molecule has 0 radical (unpaired) electrons. The number of nitrogens with zero attached hydrogens (tertiary/aromatic N) is 1. The number of hydrogen-bond acceptors (Lipinski definition) is 4. The van der Waals surface area contributed by atoms with Gasteiger partial charge in [0, 0.05) is 18.6 Å². The minimum absolute atomic E-state index is 0.135. The fourth-order valence-corrected chi connectivity index (χ4v) is 2.13. The smallest absolute Gasteiger partial charge is 0.322 e. The molecule has 4 heteroatoms. The normalized spacial score (nSPS) is 19.3. The van der Waals surface area contributed by atoms with Gasteiger partial charge in [-0.3, -0.25) is 4.79 Å². The first-order valence-electron chi connectivity index (χ1n) is 7.29. The molecule has 0 aromatic rings. The third-order valence-electron chi connectivity index (χ3n) is 4.18. The highest BCUT2D eigenvalue weighted by atomic mass is 16.5. The van der Waals surface area contributed by atoms with Crippen LogP contribution in [0.5, 0.6) is 0 Å². The van der Waals surface area contributed by atoms with Crippen LogP contribution in [0.15, 0.2) is 0 Å². The van der Waals surface area contributed by atoms with Crippen LogP contribution in [0.1, 0.15) is 47.0 Å². The summed E-state index contributed by atoms with van der Waals surface area (Å²) in [6, 6.07) is 0.841. The molecule has 0 aromatic carbocycles. The standard InChI is InChI=1S/C15H30N2O2/c1-11(15(2,3)4)17(5)10-9-13(14(18)19-6)16-12-7-8-12/h11-13,16H,7-10H2,1-6H3. The maximum atomic E-state index is 11.8. The van der Waals surface area contributed by atoms with E-state index < -0.39 is 0 Å². The quantitative estimate of drug-likeness (QED) is 0.719. The van der Waals surface area contributed by atoms with Gasteiger partial charge in [-0.25, -0.2) is 0 Å². The number of rotatable bonds is 7. The molecule has 0 spiro atoms. The van der Waals surface area contributed by atoms with Crippen LogP contribution in [0.2, 0.25) is 0 Å². The number of carbonyl (C=O) groups excluding carboxylic acids is 1. The van der Waals surface area contributed by atoms with Crippen LogP contribution in [-0.4, -0.2) is 49.7 Å². The number of ether oxygens (including phenoxy) is 1. The summed E-state index contributed by atoms with van der Waals surface area (Å²) < 4.78 is 4.88. The summed E-state index contributed by atoms with van der Waals surface area (Å²) in [5.41, 5.74) is 0.249. The lowest BCUT2D eigenvalue weighted by molar-refractivity contribution is -0.143. The topological polar surface area (TPSA) is 41.6 Å². The molecule has 1 saturated carbocycles. The minimum Gasteiger partial charge on any atom is -0.468 e. The Morgan fingerprint density at radius 3 is 2.42 bits per heavy atom. The zero-order valence-corrected chi connectivity index (χ0v) is 13.3. The summed E-state index contributed by atoms with van der Waals surface area (Å²) in [5, 5.41) is 3.37. The van der Waals surface area contributed by atoms with Crippen LogP contribution in [0.25, 0.3) is 0 Å². The van der Waals surface area contributed by atoms with Gasteiger partial charge in [-0.05, 0) is 38.6 Å². The van der Waals surface area contributed by atoms with E-state index in [0.29, 0.717) is 12.1 Å². The van der Waals surface area contributed by atoms with Crippen LogP contribution in [0.4, 0.5) is 0 Å².